The third kappa shape index (κ3) is 2.52. The molecular weight excluding hydrogens is 280 g/mol. The molecule has 0 radical (unpaired) electrons. The molecule has 23 heavy (non-hydrogen) atoms. The van der Waals surface area contributed by atoms with Crippen molar-refractivity contribution in [1.29, 1.82) is 0 Å². The standard InChI is InChI=1S/C21H30N2/c1-3-4-8-16-12-13-21(2)20-18(10-7-14-23(21)15-16)17-9-5-6-11-19(17)22-20/h5-6,9,11,16,22H,3-4,7-8,10,12-15H2,1-2H3/t16-,21-/m1/s1. The monoisotopic (exact) mass is 310 g/mol. The van der Waals surface area contributed by atoms with E-state index >= 15 is 0 Å². The van der Waals surface area contributed by atoms with Crippen LogP contribution in [-0.4, -0.2) is 23.0 Å². The van der Waals surface area contributed by atoms with E-state index in [1.165, 1.54) is 74.6 Å². The van der Waals surface area contributed by atoms with Gasteiger partial charge in [-0.1, -0.05) is 38.0 Å². The second-order valence-electron chi connectivity index (χ2n) is 7.89. The van der Waals surface area contributed by atoms with Crippen LogP contribution < -0.4 is 0 Å². The Labute approximate surface area is 140 Å². The first-order valence-electron chi connectivity index (χ1n) is 9.57. The second kappa shape index (κ2) is 5.98. The SMILES string of the molecule is CCCC[C@@H]1CC[C@]2(C)c3[nH]c4ccccc4c3CCCN2C1. The van der Waals surface area contributed by atoms with Gasteiger partial charge < -0.3 is 4.98 Å². The van der Waals surface area contributed by atoms with Crippen LogP contribution in [0.2, 0.25) is 0 Å². The number of unbranched alkanes of at least 4 members (excludes halogenated alkanes) is 1. The van der Waals surface area contributed by atoms with E-state index in [0.717, 1.165) is 5.92 Å². The molecule has 124 valence electrons. The van der Waals surface area contributed by atoms with Gasteiger partial charge in [0.05, 0.1) is 5.54 Å². The molecule has 0 saturated carbocycles. The number of nitrogens with one attached hydrogen (secondary N) is 1. The van der Waals surface area contributed by atoms with Crippen molar-refractivity contribution >= 4 is 10.9 Å². The summed E-state index contributed by atoms with van der Waals surface area (Å²) in [6.07, 6.45) is 9.37. The highest BCUT2D eigenvalue weighted by molar-refractivity contribution is 5.85. The number of hydrogen-bond donors (Lipinski definition) is 1. The molecular formula is C21H30N2. The number of aromatic amines is 1. The molecule has 0 aliphatic carbocycles. The van der Waals surface area contributed by atoms with Gasteiger partial charge in [0.1, 0.15) is 0 Å². The third-order valence-electron chi connectivity index (χ3n) is 6.39. The van der Waals surface area contributed by atoms with Crippen LogP contribution in [0.15, 0.2) is 24.3 Å². The summed E-state index contributed by atoms with van der Waals surface area (Å²) in [5.41, 5.74) is 4.66. The van der Waals surface area contributed by atoms with Crippen molar-refractivity contribution in [3.63, 3.8) is 0 Å². The van der Waals surface area contributed by atoms with Crippen LogP contribution in [0.4, 0.5) is 0 Å². The van der Waals surface area contributed by atoms with Gasteiger partial charge in [0.25, 0.3) is 0 Å². The number of piperidine rings is 1. The van der Waals surface area contributed by atoms with Crippen molar-refractivity contribution in [3.05, 3.63) is 35.5 Å². The molecule has 2 aromatic rings. The zero-order valence-corrected chi connectivity index (χ0v) is 14.7. The Balaban J connectivity index is 1.70. The number of hydrogen-bond acceptors (Lipinski definition) is 1. The molecule has 4 rings (SSSR count). The maximum atomic E-state index is 3.81. The molecule has 2 aliphatic rings. The molecule has 1 N–H and O–H groups in total. The van der Waals surface area contributed by atoms with E-state index in [1.807, 2.05) is 0 Å². The highest BCUT2D eigenvalue weighted by Gasteiger charge is 2.42. The van der Waals surface area contributed by atoms with Crippen molar-refractivity contribution in [3.8, 4) is 0 Å². The maximum absolute atomic E-state index is 3.81. The number of nitrogens with zero attached hydrogens (tertiary/aromatic N) is 1. The topological polar surface area (TPSA) is 19.0 Å². The molecule has 2 heteroatoms. The van der Waals surface area contributed by atoms with Crippen molar-refractivity contribution in [2.75, 3.05) is 13.1 Å². The fourth-order valence-electron chi connectivity index (χ4n) is 4.96. The molecule has 0 bridgehead atoms. The average Bonchev–Trinajstić information content (AvgIpc) is 2.88. The summed E-state index contributed by atoms with van der Waals surface area (Å²) in [4.78, 5) is 6.62. The van der Waals surface area contributed by atoms with Gasteiger partial charge in [-0.3, -0.25) is 4.90 Å². The molecule has 0 amide bonds. The number of aryl methyl sites for hydroxylation is 1. The van der Waals surface area contributed by atoms with Crippen LogP contribution in [-0.2, 0) is 12.0 Å². The van der Waals surface area contributed by atoms with E-state index in [0.29, 0.717) is 0 Å². The lowest BCUT2D eigenvalue weighted by atomic mass is 9.79. The Morgan fingerprint density at radius 2 is 2.17 bits per heavy atom. The van der Waals surface area contributed by atoms with Crippen molar-refractivity contribution < 1.29 is 0 Å². The van der Waals surface area contributed by atoms with Crippen LogP contribution in [0.1, 0.15) is 63.6 Å². The number of para-hydroxylation sites is 1. The molecule has 2 aliphatic heterocycles. The Kier molecular flexibility index (Phi) is 3.96. The molecule has 2 nitrogen and oxygen atoms in total. The van der Waals surface area contributed by atoms with Crippen LogP contribution in [0.3, 0.4) is 0 Å². The first kappa shape index (κ1) is 15.3. The molecule has 0 spiro atoms. The molecule has 1 aromatic carbocycles. The predicted molar refractivity (Wildman–Crippen MR) is 97.8 cm³/mol. The Morgan fingerprint density at radius 3 is 3.04 bits per heavy atom. The Hall–Kier alpha value is -1.28. The fourth-order valence-corrected chi connectivity index (χ4v) is 4.96. The van der Waals surface area contributed by atoms with Crippen LogP contribution in [0.5, 0.6) is 0 Å². The van der Waals surface area contributed by atoms with Gasteiger partial charge >= 0.3 is 0 Å². The van der Waals surface area contributed by atoms with Gasteiger partial charge in [-0.15, -0.1) is 0 Å². The number of H-pyrrole nitrogens is 1. The summed E-state index contributed by atoms with van der Waals surface area (Å²) < 4.78 is 0. The van der Waals surface area contributed by atoms with Crippen LogP contribution in [0.25, 0.3) is 10.9 Å². The zero-order chi connectivity index (χ0) is 15.9. The molecule has 1 fully saturated rings. The molecule has 1 aromatic heterocycles. The summed E-state index contributed by atoms with van der Waals surface area (Å²) in [6, 6.07) is 8.88. The van der Waals surface area contributed by atoms with Crippen molar-refractivity contribution in [2.24, 2.45) is 5.92 Å². The first-order chi connectivity index (χ1) is 11.2. The fraction of sp³-hybridized carbons (Fsp3) is 0.619. The number of fused-ring (bicyclic) bond motifs is 5. The Bertz CT molecular complexity index is 686. The van der Waals surface area contributed by atoms with E-state index < -0.39 is 0 Å². The summed E-state index contributed by atoms with van der Waals surface area (Å²) in [5.74, 6) is 0.911. The zero-order valence-electron chi connectivity index (χ0n) is 14.7. The van der Waals surface area contributed by atoms with Crippen molar-refractivity contribution in [2.45, 2.75) is 64.3 Å². The van der Waals surface area contributed by atoms with Gasteiger partial charge in [-0.25, -0.2) is 0 Å². The Morgan fingerprint density at radius 1 is 1.30 bits per heavy atom. The molecule has 3 heterocycles. The van der Waals surface area contributed by atoms with Gasteiger partial charge in [-0.2, -0.15) is 0 Å². The number of aromatic nitrogens is 1. The normalized spacial score (nSPS) is 28.3. The largest absolute Gasteiger partial charge is 0.357 e. The van der Waals surface area contributed by atoms with E-state index in [-0.39, 0.29) is 5.54 Å². The van der Waals surface area contributed by atoms with Crippen LogP contribution in [0, 0.1) is 5.92 Å². The van der Waals surface area contributed by atoms with Gasteiger partial charge in [0.15, 0.2) is 0 Å². The summed E-state index contributed by atoms with van der Waals surface area (Å²) in [5, 5.41) is 1.46. The highest BCUT2D eigenvalue weighted by atomic mass is 15.2. The highest BCUT2D eigenvalue weighted by Crippen LogP contribution is 2.44. The van der Waals surface area contributed by atoms with E-state index in [9.17, 15) is 0 Å². The van der Waals surface area contributed by atoms with Gasteiger partial charge in [-0.05, 0) is 63.1 Å². The van der Waals surface area contributed by atoms with Crippen LogP contribution >= 0.6 is 0 Å². The molecule has 0 unspecified atom stereocenters. The first-order valence-corrected chi connectivity index (χ1v) is 9.57. The number of rotatable bonds is 3. The third-order valence-corrected chi connectivity index (χ3v) is 6.39. The second-order valence-corrected chi connectivity index (χ2v) is 7.89. The average molecular weight is 310 g/mol. The minimum Gasteiger partial charge on any atom is -0.357 e. The van der Waals surface area contributed by atoms with E-state index in [1.54, 1.807) is 5.56 Å². The summed E-state index contributed by atoms with van der Waals surface area (Å²) in [6.45, 7) is 7.36. The summed E-state index contributed by atoms with van der Waals surface area (Å²) in [7, 11) is 0. The van der Waals surface area contributed by atoms with Gasteiger partial charge in [0.2, 0.25) is 0 Å². The quantitative estimate of drug-likeness (QED) is 0.822. The minimum absolute atomic E-state index is 0.216. The molecule has 2 atom stereocenters. The predicted octanol–water partition coefficient (Wildman–Crippen LogP) is 5.23. The lowest BCUT2D eigenvalue weighted by Crippen LogP contribution is -2.50. The maximum Gasteiger partial charge on any atom is 0.0586 e. The van der Waals surface area contributed by atoms with E-state index in [2.05, 4.69) is 48.0 Å². The summed E-state index contributed by atoms with van der Waals surface area (Å²) >= 11 is 0. The number of benzene rings is 1. The lowest BCUT2D eigenvalue weighted by molar-refractivity contribution is 0.0264. The minimum atomic E-state index is 0.216. The van der Waals surface area contributed by atoms with E-state index in [4.69, 9.17) is 0 Å². The molecule has 1 saturated heterocycles. The lowest BCUT2D eigenvalue weighted by Gasteiger charge is -2.47. The van der Waals surface area contributed by atoms with Crippen molar-refractivity contribution in [1.82, 2.24) is 9.88 Å². The van der Waals surface area contributed by atoms with Gasteiger partial charge in [0, 0.05) is 23.1 Å². The smallest absolute Gasteiger partial charge is 0.0586 e.